The highest BCUT2D eigenvalue weighted by Gasteiger charge is 2.18. The molecular formula is C17H21F2NO5. The van der Waals surface area contributed by atoms with Crippen molar-refractivity contribution in [3.8, 4) is 5.75 Å². The highest BCUT2D eigenvalue weighted by Crippen LogP contribution is 2.15. The summed E-state index contributed by atoms with van der Waals surface area (Å²) in [5.74, 6) is -1.01. The zero-order chi connectivity index (χ0) is 18.8. The van der Waals surface area contributed by atoms with Gasteiger partial charge in [0.25, 0.3) is 5.91 Å². The fourth-order valence-corrected chi connectivity index (χ4v) is 1.78. The topological polar surface area (TPSA) is 65.1 Å². The Kier molecular flexibility index (Phi) is 8.55. The number of benzene rings is 1. The molecule has 0 aromatic heterocycles. The minimum Gasteiger partial charge on any atom is -0.454 e. The number of carbonyl (C=O) groups is 2. The summed E-state index contributed by atoms with van der Waals surface area (Å²) in [4.78, 5) is 25.0. The summed E-state index contributed by atoms with van der Waals surface area (Å²) in [6.07, 6.45) is 0.707. The lowest BCUT2D eigenvalue weighted by Crippen LogP contribution is -2.33. The van der Waals surface area contributed by atoms with Crippen molar-refractivity contribution in [2.24, 2.45) is 0 Å². The fraction of sp³-hybridized carbons (Fsp3) is 0.412. The highest BCUT2D eigenvalue weighted by atomic mass is 19.3. The molecule has 0 spiro atoms. The molecule has 0 saturated carbocycles. The molecule has 1 aromatic carbocycles. The first-order chi connectivity index (χ1) is 11.8. The third-order valence-electron chi connectivity index (χ3n) is 3.13. The highest BCUT2D eigenvalue weighted by molar-refractivity contribution is 5.81. The molecule has 0 bridgehead atoms. The summed E-state index contributed by atoms with van der Waals surface area (Å²) in [5, 5.41) is 0. The van der Waals surface area contributed by atoms with Crippen molar-refractivity contribution in [1.29, 1.82) is 0 Å². The van der Waals surface area contributed by atoms with Gasteiger partial charge in [0.1, 0.15) is 5.75 Å². The van der Waals surface area contributed by atoms with Crippen molar-refractivity contribution in [3.05, 3.63) is 42.5 Å². The third-order valence-corrected chi connectivity index (χ3v) is 3.13. The van der Waals surface area contributed by atoms with E-state index < -0.39 is 31.2 Å². The van der Waals surface area contributed by atoms with Crippen LogP contribution in [0.5, 0.6) is 5.75 Å². The van der Waals surface area contributed by atoms with E-state index in [1.54, 1.807) is 12.1 Å². The smallest absolute Gasteiger partial charge is 0.387 e. The monoisotopic (exact) mass is 357 g/mol. The molecule has 0 aliphatic heterocycles. The van der Waals surface area contributed by atoms with Crippen molar-refractivity contribution in [2.75, 3.05) is 20.3 Å². The molecule has 0 N–H and O–H groups in total. The molecule has 138 valence electrons. The second-order valence-corrected chi connectivity index (χ2v) is 5.14. The maximum absolute atomic E-state index is 12.1. The Morgan fingerprint density at radius 2 is 1.92 bits per heavy atom. The van der Waals surface area contributed by atoms with Crippen LogP contribution in [0.25, 0.3) is 0 Å². The quantitative estimate of drug-likeness (QED) is 0.475. The van der Waals surface area contributed by atoms with Crippen molar-refractivity contribution >= 4 is 11.9 Å². The largest absolute Gasteiger partial charge is 0.454 e. The molecule has 1 rings (SSSR count). The zero-order valence-electron chi connectivity index (χ0n) is 14.1. The van der Waals surface area contributed by atoms with Gasteiger partial charge in [0.2, 0.25) is 0 Å². The van der Waals surface area contributed by atoms with E-state index in [0.29, 0.717) is 5.56 Å². The number of nitrogens with zero attached hydrogens (tertiary/aromatic N) is 1. The number of hydrogen-bond donors (Lipinski definition) is 0. The summed E-state index contributed by atoms with van der Waals surface area (Å²) in [6, 6.07) is 5.91. The molecule has 1 unspecified atom stereocenters. The molecule has 0 saturated heterocycles. The molecule has 0 aliphatic rings. The van der Waals surface area contributed by atoms with E-state index in [-0.39, 0.29) is 18.9 Å². The van der Waals surface area contributed by atoms with Crippen LogP contribution in [-0.4, -0.2) is 49.8 Å². The van der Waals surface area contributed by atoms with Crippen LogP contribution < -0.4 is 4.74 Å². The Bertz CT molecular complexity index is 577. The Morgan fingerprint density at radius 3 is 2.48 bits per heavy atom. The lowest BCUT2D eigenvalue weighted by Gasteiger charge is -2.18. The van der Waals surface area contributed by atoms with Crippen molar-refractivity contribution in [3.63, 3.8) is 0 Å². The van der Waals surface area contributed by atoms with Gasteiger partial charge in [0.05, 0.1) is 6.61 Å². The van der Waals surface area contributed by atoms with Crippen LogP contribution >= 0.6 is 0 Å². The summed E-state index contributed by atoms with van der Waals surface area (Å²) in [7, 11) is 1.54. The predicted molar refractivity (Wildman–Crippen MR) is 86.1 cm³/mol. The molecule has 0 fully saturated rings. The predicted octanol–water partition coefficient (Wildman–Crippen LogP) is 2.38. The molecule has 1 amide bonds. The molecule has 0 radical (unpaired) electrons. The summed E-state index contributed by atoms with van der Waals surface area (Å²) in [6.45, 7) is 2.12. The van der Waals surface area contributed by atoms with Crippen LogP contribution in [-0.2, 0) is 25.6 Å². The number of hydrogen-bond acceptors (Lipinski definition) is 5. The zero-order valence-corrected chi connectivity index (χ0v) is 14.1. The molecular weight excluding hydrogens is 336 g/mol. The second kappa shape index (κ2) is 10.4. The SMILES string of the molecule is C=CCOC(C)C(=O)OCC(=O)N(C)Cc1ccc(OC(F)F)cc1. The minimum atomic E-state index is -2.89. The Morgan fingerprint density at radius 1 is 1.28 bits per heavy atom. The molecule has 8 heteroatoms. The van der Waals surface area contributed by atoms with Crippen LogP contribution in [0, 0.1) is 0 Å². The first-order valence-corrected chi connectivity index (χ1v) is 7.50. The van der Waals surface area contributed by atoms with Crippen molar-refractivity contribution in [2.45, 2.75) is 26.2 Å². The van der Waals surface area contributed by atoms with Gasteiger partial charge in [-0.25, -0.2) is 4.79 Å². The normalized spacial score (nSPS) is 11.7. The number of carbonyl (C=O) groups excluding carboxylic acids is 2. The molecule has 1 atom stereocenters. The fourth-order valence-electron chi connectivity index (χ4n) is 1.78. The van der Waals surface area contributed by atoms with E-state index in [1.165, 1.54) is 37.1 Å². The van der Waals surface area contributed by atoms with Crippen molar-refractivity contribution < 1.29 is 32.6 Å². The number of amides is 1. The average Bonchev–Trinajstić information content (AvgIpc) is 2.58. The minimum absolute atomic E-state index is 0.0372. The lowest BCUT2D eigenvalue weighted by atomic mass is 10.2. The molecule has 25 heavy (non-hydrogen) atoms. The Labute approximate surface area is 145 Å². The van der Waals surface area contributed by atoms with E-state index in [0.717, 1.165) is 0 Å². The van der Waals surface area contributed by atoms with Crippen molar-refractivity contribution in [1.82, 2.24) is 4.90 Å². The number of ether oxygens (including phenoxy) is 3. The third kappa shape index (κ3) is 7.75. The van der Waals surface area contributed by atoms with Gasteiger partial charge in [0, 0.05) is 13.6 Å². The molecule has 6 nitrogen and oxygen atoms in total. The average molecular weight is 357 g/mol. The van der Waals surface area contributed by atoms with Crippen LogP contribution in [0.2, 0.25) is 0 Å². The van der Waals surface area contributed by atoms with Gasteiger partial charge >= 0.3 is 12.6 Å². The lowest BCUT2D eigenvalue weighted by molar-refractivity contribution is -0.160. The van der Waals surface area contributed by atoms with Gasteiger partial charge < -0.3 is 19.1 Å². The Balaban J connectivity index is 2.43. The standard InChI is InChI=1S/C17H21F2NO5/c1-4-9-23-12(2)16(22)24-11-15(21)20(3)10-13-5-7-14(8-6-13)25-17(18)19/h4-8,12,17H,1,9-11H2,2-3H3. The van der Waals surface area contributed by atoms with Crippen LogP contribution in [0.1, 0.15) is 12.5 Å². The number of rotatable bonds is 10. The van der Waals surface area contributed by atoms with Gasteiger partial charge in [-0.2, -0.15) is 8.78 Å². The maximum atomic E-state index is 12.1. The summed E-state index contributed by atoms with van der Waals surface area (Å²) >= 11 is 0. The number of likely N-dealkylation sites (N-methyl/N-ethyl adjacent to an activating group) is 1. The number of esters is 1. The van der Waals surface area contributed by atoms with E-state index >= 15 is 0 Å². The summed E-state index contributed by atoms with van der Waals surface area (Å²) in [5.41, 5.74) is 0.714. The van der Waals surface area contributed by atoms with Crippen LogP contribution in [0.4, 0.5) is 8.78 Å². The maximum Gasteiger partial charge on any atom is 0.387 e. The van der Waals surface area contributed by atoms with E-state index in [4.69, 9.17) is 9.47 Å². The van der Waals surface area contributed by atoms with E-state index in [1.807, 2.05) is 0 Å². The first kappa shape index (κ1) is 20.6. The van der Waals surface area contributed by atoms with Gasteiger partial charge in [-0.15, -0.1) is 6.58 Å². The molecule has 1 aromatic rings. The number of alkyl halides is 2. The van der Waals surface area contributed by atoms with Gasteiger partial charge in [-0.3, -0.25) is 4.79 Å². The van der Waals surface area contributed by atoms with E-state index in [2.05, 4.69) is 11.3 Å². The van der Waals surface area contributed by atoms with Gasteiger partial charge in [-0.05, 0) is 24.6 Å². The van der Waals surface area contributed by atoms with Crippen LogP contribution in [0.3, 0.4) is 0 Å². The second-order valence-electron chi connectivity index (χ2n) is 5.14. The van der Waals surface area contributed by atoms with E-state index in [9.17, 15) is 18.4 Å². The molecule has 0 aliphatic carbocycles. The van der Waals surface area contributed by atoms with Gasteiger partial charge in [0.15, 0.2) is 12.7 Å². The van der Waals surface area contributed by atoms with Crippen LogP contribution in [0.15, 0.2) is 36.9 Å². The number of halogens is 2. The summed E-state index contributed by atoms with van der Waals surface area (Å²) < 4.78 is 38.4. The Hall–Kier alpha value is -2.48. The first-order valence-electron chi connectivity index (χ1n) is 7.50. The van der Waals surface area contributed by atoms with Gasteiger partial charge in [-0.1, -0.05) is 18.2 Å². The molecule has 0 heterocycles.